The summed E-state index contributed by atoms with van der Waals surface area (Å²) >= 11 is 3.21. The molecule has 2 N–H and O–H groups in total. The average molecular weight is 267 g/mol. The zero-order chi connectivity index (χ0) is 8.60. The number of ether oxygens (including phenoxy) is 1. The van der Waals surface area contributed by atoms with Crippen LogP contribution in [0.15, 0.2) is 17.0 Å². The Bertz CT molecular complexity index is 288. The lowest BCUT2D eigenvalue weighted by molar-refractivity contribution is -0.0592. The van der Waals surface area contributed by atoms with E-state index in [1.54, 1.807) is 12.4 Å². The van der Waals surface area contributed by atoms with Gasteiger partial charge in [-0.25, -0.2) is 4.98 Å². The molecule has 1 aliphatic rings. The van der Waals surface area contributed by atoms with Crippen LogP contribution in [0.1, 0.15) is 5.69 Å². The topological polar surface area (TPSA) is 61.0 Å². The van der Waals surface area contributed by atoms with Gasteiger partial charge in [-0.1, -0.05) is 0 Å². The Morgan fingerprint density at radius 3 is 2.46 bits per heavy atom. The van der Waals surface area contributed by atoms with Gasteiger partial charge in [-0.15, -0.1) is 12.4 Å². The highest BCUT2D eigenvalue weighted by atomic mass is 79.9. The monoisotopic (exact) mass is 265 g/mol. The molecule has 0 aromatic carbocycles. The van der Waals surface area contributed by atoms with Crippen molar-refractivity contribution in [2.24, 2.45) is 5.73 Å². The molecular formula is C7H9BrClN3O. The van der Waals surface area contributed by atoms with Crippen molar-refractivity contribution >= 4 is 28.3 Å². The number of halogens is 2. The lowest BCUT2D eigenvalue weighted by Crippen LogP contribution is -2.54. The molecule has 2 heterocycles. The lowest BCUT2D eigenvalue weighted by Gasteiger charge is -2.36. The molecule has 0 unspecified atom stereocenters. The smallest absolute Gasteiger partial charge is 0.124 e. The second-order valence-electron chi connectivity index (χ2n) is 2.87. The van der Waals surface area contributed by atoms with Gasteiger partial charge in [-0.2, -0.15) is 0 Å². The summed E-state index contributed by atoms with van der Waals surface area (Å²) < 4.78 is 5.74. The van der Waals surface area contributed by atoms with Crippen LogP contribution >= 0.6 is 28.3 Å². The molecule has 1 fully saturated rings. The number of nitrogens with zero attached hydrogens (tertiary/aromatic N) is 2. The predicted molar refractivity (Wildman–Crippen MR) is 53.7 cm³/mol. The molecule has 6 heteroatoms. The van der Waals surface area contributed by atoms with Crippen LogP contribution in [0.3, 0.4) is 0 Å². The molecule has 72 valence electrons. The van der Waals surface area contributed by atoms with Gasteiger partial charge < -0.3 is 10.5 Å². The minimum atomic E-state index is -0.409. The molecule has 1 saturated heterocycles. The second kappa shape index (κ2) is 3.88. The fourth-order valence-electron chi connectivity index (χ4n) is 1.04. The third-order valence-electron chi connectivity index (χ3n) is 1.85. The van der Waals surface area contributed by atoms with Gasteiger partial charge in [0.15, 0.2) is 0 Å². The normalized spacial score (nSPS) is 18.6. The van der Waals surface area contributed by atoms with E-state index in [-0.39, 0.29) is 12.4 Å². The van der Waals surface area contributed by atoms with Crippen LogP contribution in [0, 0.1) is 0 Å². The Morgan fingerprint density at radius 1 is 1.38 bits per heavy atom. The molecule has 2 rings (SSSR count). The zero-order valence-electron chi connectivity index (χ0n) is 6.74. The highest BCUT2D eigenvalue weighted by molar-refractivity contribution is 9.10. The van der Waals surface area contributed by atoms with Crippen LogP contribution < -0.4 is 5.73 Å². The summed E-state index contributed by atoms with van der Waals surface area (Å²) in [5.74, 6) is 0. The number of nitrogens with two attached hydrogens (primary N) is 1. The van der Waals surface area contributed by atoms with Crippen molar-refractivity contribution < 1.29 is 4.74 Å². The van der Waals surface area contributed by atoms with Crippen molar-refractivity contribution in [3.05, 3.63) is 22.7 Å². The van der Waals surface area contributed by atoms with E-state index in [0.717, 1.165) is 10.3 Å². The standard InChI is InChI=1S/C7H8BrN3O.ClH/c8-6-2-10-5(1-11-6)7(9)3-12-4-7;/h1-2H,3-4,9H2;1H. The highest BCUT2D eigenvalue weighted by Crippen LogP contribution is 2.24. The summed E-state index contributed by atoms with van der Waals surface area (Å²) in [4.78, 5) is 8.20. The highest BCUT2D eigenvalue weighted by Gasteiger charge is 2.37. The molecule has 1 aromatic heterocycles. The molecule has 0 atom stereocenters. The molecule has 0 bridgehead atoms. The van der Waals surface area contributed by atoms with E-state index in [4.69, 9.17) is 10.5 Å². The Kier molecular flexibility index (Phi) is 3.23. The van der Waals surface area contributed by atoms with E-state index in [1.807, 2.05) is 0 Å². The molecule has 13 heavy (non-hydrogen) atoms. The Balaban J connectivity index is 0.000000845. The SMILES string of the molecule is Cl.NC1(c2cnc(Br)cn2)COC1. The zero-order valence-corrected chi connectivity index (χ0v) is 9.14. The van der Waals surface area contributed by atoms with E-state index in [1.165, 1.54) is 0 Å². The maximum Gasteiger partial charge on any atom is 0.124 e. The van der Waals surface area contributed by atoms with Gasteiger partial charge >= 0.3 is 0 Å². The summed E-state index contributed by atoms with van der Waals surface area (Å²) in [6, 6.07) is 0. The van der Waals surface area contributed by atoms with E-state index < -0.39 is 5.54 Å². The molecule has 0 saturated carbocycles. The third kappa shape index (κ3) is 1.99. The second-order valence-corrected chi connectivity index (χ2v) is 3.69. The first-order chi connectivity index (χ1) is 5.71. The fraction of sp³-hybridized carbons (Fsp3) is 0.429. The summed E-state index contributed by atoms with van der Waals surface area (Å²) in [7, 11) is 0. The van der Waals surface area contributed by atoms with Crippen molar-refractivity contribution in [1.29, 1.82) is 0 Å². The maximum absolute atomic E-state index is 5.93. The average Bonchev–Trinajstić information content (AvgIpc) is 2.02. The van der Waals surface area contributed by atoms with Crippen molar-refractivity contribution in [1.82, 2.24) is 9.97 Å². The molecule has 0 spiro atoms. The largest absolute Gasteiger partial charge is 0.377 e. The summed E-state index contributed by atoms with van der Waals surface area (Å²) in [6.45, 7) is 1.06. The van der Waals surface area contributed by atoms with Crippen molar-refractivity contribution in [2.45, 2.75) is 5.54 Å². The van der Waals surface area contributed by atoms with Crippen molar-refractivity contribution in [3.63, 3.8) is 0 Å². The molecule has 4 nitrogen and oxygen atoms in total. The summed E-state index contributed by atoms with van der Waals surface area (Å²) in [5, 5.41) is 0. The Hall–Kier alpha value is -0.230. The van der Waals surface area contributed by atoms with Gasteiger partial charge in [0.25, 0.3) is 0 Å². The molecule has 0 radical (unpaired) electrons. The van der Waals surface area contributed by atoms with E-state index in [2.05, 4.69) is 25.9 Å². The van der Waals surface area contributed by atoms with Gasteiger partial charge in [-0.05, 0) is 15.9 Å². The van der Waals surface area contributed by atoms with Gasteiger partial charge in [-0.3, -0.25) is 4.98 Å². The van der Waals surface area contributed by atoms with Crippen LogP contribution in [0.2, 0.25) is 0 Å². The first-order valence-corrected chi connectivity index (χ1v) is 4.35. The molecular weight excluding hydrogens is 257 g/mol. The molecule has 1 aliphatic heterocycles. The number of aromatic nitrogens is 2. The lowest BCUT2D eigenvalue weighted by atomic mass is 9.95. The molecule has 0 amide bonds. The number of hydrogen-bond donors (Lipinski definition) is 1. The first kappa shape index (κ1) is 10.8. The minimum Gasteiger partial charge on any atom is -0.377 e. The predicted octanol–water partition coefficient (Wildman–Crippen LogP) is 0.845. The van der Waals surface area contributed by atoms with Gasteiger partial charge in [0.05, 0.1) is 31.3 Å². The van der Waals surface area contributed by atoms with Crippen LogP contribution in [0.25, 0.3) is 0 Å². The Morgan fingerprint density at radius 2 is 2.08 bits per heavy atom. The first-order valence-electron chi connectivity index (χ1n) is 3.55. The van der Waals surface area contributed by atoms with Crippen LogP contribution in [0.4, 0.5) is 0 Å². The van der Waals surface area contributed by atoms with Gasteiger partial charge in [0.1, 0.15) is 10.1 Å². The quantitative estimate of drug-likeness (QED) is 0.818. The molecule has 0 aliphatic carbocycles. The minimum absolute atomic E-state index is 0. The summed E-state index contributed by atoms with van der Waals surface area (Å²) in [5.41, 5.74) is 6.31. The number of rotatable bonds is 1. The fourth-order valence-corrected chi connectivity index (χ4v) is 1.24. The van der Waals surface area contributed by atoms with Crippen molar-refractivity contribution in [2.75, 3.05) is 13.2 Å². The van der Waals surface area contributed by atoms with Crippen LogP contribution in [0.5, 0.6) is 0 Å². The van der Waals surface area contributed by atoms with E-state index in [0.29, 0.717) is 13.2 Å². The van der Waals surface area contributed by atoms with Crippen LogP contribution in [-0.2, 0) is 10.3 Å². The van der Waals surface area contributed by atoms with Gasteiger partial charge in [0, 0.05) is 0 Å². The maximum atomic E-state index is 5.93. The number of hydrogen-bond acceptors (Lipinski definition) is 4. The van der Waals surface area contributed by atoms with E-state index >= 15 is 0 Å². The van der Waals surface area contributed by atoms with E-state index in [9.17, 15) is 0 Å². The van der Waals surface area contributed by atoms with Gasteiger partial charge in [0.2, 0.25) is 0 Å². The third-order valence-corrected chi connectivity index (χ3v) is 2.26. The Labute approximate surface area is 90.4 Å². The van der Waals surface area contributed by atoms with Crippen molar-refractivity contribution in [3.8, 4) is 0 Å². The van der Waals surface area contributed by atoms with Crippen LogP contribution in [-0.4, -0.2) is 23.2 Å². The molecule has 1 aromatic rings. The summed E-state index contributed by atoms with van der Waals surface area (Å²) in [6.07, 6.45) is 3.31.